The lowest BCUT2D eigenvalue weighted by atomic mass is 9.94. The molecular weight excluding hydrogens is 343 g/mol. The van der Waals surface area contributed by atoms with Crippen LogP contribution in [0.4, 0.5) is 10.1 Å². The molecule has 140 valence electrons. The fourth-order valence-corrected chi connectivity index (χ4v) is 4.72. The minimum absolute atomic E-state index is 0.157. The monoisotopic (exact) mass is 370 g/mol. The number of benzene rings is 1. The summed E-state index contributed by atoms with van der Waals surface area (Å²) < 4.78 is 39.1. The second-order valence-corrected chi connectivity index (χ2v) is 8.56. The average molecular weight is 370 g/mol. The molecule has 0 unspecified atom stereocenters. The maximum atomic E-state index is 13.2. The van der Waals surface area contributed by atoms with E-state index >= 15 is 0 Å². The quantitative estimate of drug-likeness (QED) is 0.773. The van der Waals surface area contributed by atoms with Crippen LogP contribution < -0.4 is 4.31 Å². The summed E-state index contributed by atoms with van der Waals surface area (Å²) in [4.78, 5) is 14.8. The Balaban J connectivity index is 2.32. The average Bonchev–Trinajstić information content (AvgIpc) is 2.59. The molecule has 1 aromatic carbocycles. The molecule has 1 aliphatic rings. The van der Waals surface area contributed by atoms with Crippen molar-refractivity contribution < 1.29 is 17.6 Å². The summed E-state index contributed by atoms with van der Waals surface area (Å²) in [6.07, 6.45) is 6.69. The first-order valence-corrected chi connectivity index (χ1v) is 10.6. The van der Waals surface area contributed by atoms with Crippen LogP contribution in [0.15, 0.2) is 24.3 Å². The number of halogens is 1. The van der Waals surface area contributed by atoms with Crippen LogP contribution in [0, 0.1) is 5.82 Å². The molecule has 0 bridgehead atoms. The Morgan fingerprint density at radius 2 is 1.76 bits per heavy atom. The van der Waals surface area contributed by atoms with Gasteiger partial charge in [-0.05, 0) is 43.5 Å². The lowest BCUT2D eigenvalue weighted by Gasteiger charge is -2.37. The van der Waals surface area contributed by atoms with Crippen LogP contribution in [-0.2, 0) is 14.8 Å². The van der Waals surface area contributed by atoms with E-state index in [9.17, 15) is 17.6 Å². The summed E-state index contributed by atoms with van der Waals surface area (Å²) >= 11 is 0. The maximum Gasteiger partial charge on any atom is 0.246 e. The molecule has 1 atom stereocenters. The van der Waals surface area contributed by atoms with Crippen LogP contribution in [0.3, 0.4) is 0 Å². The van der Waals surface area contributed by atoms with E-state index in [1.807, 2.05) is 0 Å². The lowest BCUT2D eigenvalue weighted by molar-refractivity contribution is -0.133. The van der Waals surface area contributed by atoms with Gasteiger partial charge in [-0.15, -0.1) is 0 Å². The zero-order chi connectivity index (χ0) is 18.6. The summed E-state index contributed by atoms with van der Waals surface area (Å²) in [5, 5.41) is 0. The number of amides is 1. The number of hydrogen-bond donors (Lipinski definition) is 0. The topological polar surface area (TPSA) is 57.7 Å². The van der Waals surface area contributed by atoms with E-state index < -0.39 is 21.9 Å². The van der Waals surface area contributed by atoms with Crippen molar-refractivity contribution in [2.24, 2.45) is 0 Å². The number of hydrogen-bond acceptors (Lipinski definition) is 3. The number of carbonyl (C=O) groups excluding carboxylic acids is 1. The molecule has 0 aliphatic heterocycles. The highest BCUT2D eigenvalue weighted by molar-refractivity contribution is 7.92. The molecule has 1 aromatic rings. The molecule has 0 N–H and O–H groups in total. The van der Waals surface area contributed by atoms with Crippen molar-refractivity contribution >= 4 is 21.6 Å². The summed E-state index contributed by atoms with van der Waals surface area (Å²) in [6.45, 7) is 1.79. The predicted molar refractivity (Wildman–Crippen MR) is 97.4 cm³/mol. The maximum absolute atomic E-state index is 13.2. The van der Waals surface area contributed by atoms with Crippen molar-refractivity contribution in [3.05, 3.63) is 30.1 Å². The SMILES string of the molecule is CC[C@@H](C(=O)N(C)C1CCCCC1)N(c1ccc(F)cc1)S(C)(=O)=O. The van der Waals surface area contributed by atoms with Gasteiger partial charge in [-0.3, -0.25) is 9.10 Å². The molecule has 25 heavy (non-hydrogen) atoms. The molecule has 0 spiro atoms. The van der Waals surface area contributed by atoms with Gasteiger partial charge in [0.1, 0.15) is 11.9 Å². The van der Waals surface area contributed by atoms with Gasteiger partial charge in [0.25, 0.3) is 0 Å². The van der Waals surface area contributed by atoms with E-state index in [-0.39, 0.29) is 11.9 Å². The molecule has 2 rings (SSSR count). The number of carbonyl (C=O) groups is 1. The number of nitrogens with zero attached hydrogens (tertiary/aromatic N) is 2. The van der Waals surface area contributed by atoms with Crippen molar-refractivity contribution in [3.8, 4) is 0 Å². The number of anilines is 1. The molecule has 0 saturated heterocycles. The first-order chi connectivity index (χ1) is 11.8. The zero-order valence-corrected chi connectivity index (χ0v) is 15.9. The van der Waals surface area contributed by atoms with Crippen molar-refractivity contribution in [1.29, 1.82) is 0 Å². The highest BCUT2D eigenvalue weighted by Crippen LogP contribution is 2.27. The molecule has 0 aromatic heterocycles. The molecule has 7 heteroatoms. The van der Waals surface area contributed by atoms with Gasteiger partial charge < -0.3 is 4.90 Å². The van der Waals surface area contributed by atoms with Crippen LogP contribution in [0.1, 0.15) is 45.4 Å². The van der Waals surface area contributed by atoms with E-state index in [0.29, 0.717) is 12.1 Å². The first kappa shape index (κ1) is 19.7. The van der Waals surface area contributed by atoms with Crippen molar-refractivity contribution in [2.75, 3.05) is 17.6 Å². The molecule has 1 saturated carbocycles. The predicted octanol–water partition coefficient (Wildman–Crippen LogP) is 3.16. The van der Waals surface area contributed by atoms with E-state index in [2.05, 4.69) is 0 Å². The third kappa shape index (κ3) is 4.71. The zero-order valence-electron chi connectivity index (χ0n) is 15.1. The summed E-state index contributed by atoms with van der Waals surface area (Å²) in [5.74, 6) is -0.653. The Bertz CT molecular complexity index is 685. The molecule has 1 aliphatic carbocycles. The standard InChI is InChI=1S/C18H27FN2O3S/c1-4-17(18(22)20(2)15-8-6-5-7-9-15)21(25(3,23)24)16-12-10-14(19)11-13-16/h10-13,15,17H,4-9H2,1-3H3/t17-/m0/s1. The van der Waals surface area contributed by atoms with Gasteiger partial charge >= 0.3 is 0 Å². The van der Waals surface area contributed by atoms with Crippen LogP contribution >= 0.6 is 0 Å². The van der Waals surface area contributed by atoms with Crippen molar-refractivity contribution in [1.82, 2.24) is 4.90 Å². The van der Waals surface area contributed by atoms with Crippen LogP contribution in [0.2, 0.25) is 0 Å². The fourth-order valence-electron chi connectivity index (χ4n) is 3.51. The Hall–Kier alpha value is -1.63. The van der Waals surface area contributed by atoms with Gasteiger partial charge in [0.2, 0.25) is 15.9 Å². The van der Waals surface area contributed by atoms with Gasteiger partial charge in [-0.1, -0.05) is 26.2 Å². The third-order valence-corrected chi connectivity index (χ3v) is 6.04. The number of likely N-dealkylation sites (N-methyl/N-ethyl adjacent to an activating group) is 1. The lowest BCUT2D eigenvalue weighted by Crippen LogP contribution is -2.52. The normalized spacial score (nSPS) is 17.1. The van der Waals surface area contributed by atoms with Crippen LogP contribution in [0.25, 0.3) is 0 Å². The first-order valence-electron chi connectivity index (χ1n) is 8.77. The van der Waals surface area contributed by atoms with E-state index in [0.717, 1.165) is 36.2 Å². The smallest absolute Gasteiger partial charge is 0.246 e. The largest absolute Gasteiger partial charge is 0.341 e. The summed E-state index contributed by atoms with van der Waals surface area (Å²) in [6, 6.07) is 4.53. The van der Waals surface area contributed by atoms with Crippen LogP contribution in [-0.4, -0.2) is 44.6 Å². The molecule has 0 heterocycles. The molecule has 0 radical (unpaired) electrons. The van der Waals surface area contributed by atoms with E-state index in [1.165, 1.54) is 30.7 Å². The highest BCUT2D eigenvalue weighted by Gasteiger charge is 2.35. The summed E-state index contributed by atoms with van der Waals surface area (Å²) in [5.41, 5.74) is 0.307. The minimum atomic E-state index is -3.69. The fraction of sp³-hybridized carbons (Fsp3) is 0.611. The van der Waals surface area contributed by atoms with Gasteiger partial charge in [0.05, 0.1) is 11.9 Å². The Morgan fingerprint density at radius 1 is 1.20 bits per heavy atom. The van der Waals surface area contributed by atoms with Gasteiger partial charge in [-0.25, -0.2) is 12.8 Å². The van der Waals surface area contributed by atoms with Crippen molar-refractivity contribution in [3.63, 3.8) is 0 Å². The molecule has 1 fully saturated rings. The third-order valence-electron chi connectivity index (χ3n) is 4.86. The van der Waals surface area contributed by atoms with Gasteiger partial charge in [0, 0.05) is 13.1 Å². The molecule has 5 nitrogen and oxygen atoms in total. The Morgan fingerprint density at radius 3 is 2.24 bits per heavy atom. The minimum Gasteiger partial charge on any atom is -0.341 e. The van der Waals surface area contributed by atoms with Crippen molar-refractivity contribution in [2.45, 2.75) is 57.5 Å². The Kier molecular flexibility index (Phi) is 6.43. The number of rotatable bonds is 6. The second kappa shape index (κ2) is 8.17. The molecule has 1 amide bonds. The van der Waals surface area contributed by atoms with Crippen LogP contribution in [0.5, 0.6) is 0 Å². The van der Waals surface area contributed by atoms with E-state index in [1.54, 1.807) is 18.9 Å². The Labute approximate surface area is 149 Å². The van der Waals surface area contributed by atoms with Gasteiger partial charge in [-0.2, -0.15) is 0 Å². The summed E-state index contributed by atoms with van der Waals surface area (Å²) in [7, 11) is -1.93. The molecular formula is C18H27FN2O3S. The highest BCUT2D eigenvalue weighted by atomic mass is 32.2. The van der Waals surface area contributed by atoms with E-state index in [4.69, 9.17) is 0 Å². The van der Waals surface area contributed by atoms with Gasteiger partial charge in [0.15, 0.2) is 0 Å². The number of sulfonamides is 1. The second-order valence-electron chi connectivity index (χ2n) is 6.70.